The van der Waals surface area contributed by atoms with Gasteiger partial charge in [0.25, 0.3) is 0 Å². The summed E-state index contributed by atoms with van der Waals surface area (Å²) < 4.78 is 27.9. The maximum atomic E-state index is 13.4. The highest BCUT2D eigenvalue weighted by atomic mass is 19.1. The van der Waals surface area contributed by atoms with Gasteiger partial charge in [0.2, 0.25) is 0 Å². The van der Waals surface area contributed by atoms with Crippen LogP contribution in [-0.2, 0) is 7.05 Å². The summed E-state index contributed by atoms with van der Waals surface area (Å²) >= 11 is 0. The fourth-order valence-electron chi connectivity index (χ4n) is 1.51. The van der Waals surface area contributed by atoms with Gasteiger partial charge in [0.1, 0.15) is 17.7 Å². The van der Waals surface area contributed by atoms with Gasteiger partial charge in [-0.25, -0.2) is 13.8 Å². The lowest BCUT2D eigenvalue weighted by atomic mass is 10.1. The summed E-state index contributed by atoms with van der Waals surface area (Å²) in [6.07, 6.45) is 1.67. The van der Waals surface area contributed by atoms with Crippen molar-refractivity contribution in [2.75, 3.05) is 0 Å². The molecule has 2 rings (SSSR count). The number of halogens is 2. The molecular weight excluding hydrogens is 214 g/mol. The minimum absolute atomic E-state index is 0.0939. The average Bonchev–Trinajstić information content (AvgIpc) is 2.67. The molecule has 1 atom stereocenters. The zero-order chi connectivity index (χ0) is 11.7. The minimum atomic E-state index is -1.22. The van der Waals surface area contributed by atoms with Crippen LogP contribution in [0.1, 0.15) is 17.4 Å². The van der Waals surface area contributed by atoms with Gasteiger partial charge in [-0.3, -0.25) is 0 Å². The highest BCUT2D eigenvalue weighted by molar-refractivity contribution is 5.27. The number of aromatic nitrogens is 2. The van der Waals surface area contributed by atoms with Gasteiger partial charge < -0.3 is 9.67 Å². The van der Waals surface area contributed by atoms with Crippen LogP contribution in [0.25, 0.3) is 0 Å². The normalized spacial score (nSPS) is 12.8. The first-order valence-electron chi connectivity index (χ1n) is 4.69. The summed E-state index contributed by atoms with van der Waals surface area (Å²) in [4.78, 5) is 3.81. The summed E-state index contributed by atoms with van der Waals surface area (Å²) in [5.41, 5.74) is 0.313. The standard InChI is InChI=1S/C11H10F2N2O/c1-15-6-14-5-10(15)11(16)8-4-7(12)2-3-9(8)13/h2-6,11,16H,1H3. The third-order valence-electron chi connectivity index (χ3n) is 2.39. The molecule has 0 amide bonds. The molecule has 16 heavy (non-hydrogen) atoms. The molecule has 1 heterocycles. The number of nitrogens with zero attached hydrogens (tertiary/aromatic N) is 2. The molecule has 1 aromatic heterocycles. The van der Waals surface area contributed by atoms with Crippen molar-refractivity contribution in [1.82, 2.24) is 9.55 Å². The third-order valence-corrected chi connectivity index (χ3v) is 2.39. The van der Waals surface area contributed by atoms with Crippen molar-refractivity contribution in [2.24, 2.45) is 7.05 Å². The van der Waals surface area contributed by atoms with E-state index in [0.29, 0.717) is 5.69 Å². The van der Waals surface area contributed by atoms with E-state index >= 15 is 0 Å². The Morgan fingerprint density at radius 1 is 1.38 bits per heavy atom. The highest BCUT2D eigenvalue weighted by Gasteiger charge is 2.18. The van der Waals surface area contributed by atoms with E-state index in [9.17, 15) is 13.9 Å². The SMILES string of the molecule is Cn1cncc1C(O)c1cc(F)ccc1F. The number of imidazole rings is 1. The third kappa shape index (κ3) is 1.81. The molecule has 2 aromatic rings. The van der Waals surface area contributed by atoms with E-state index in [1.54, 1.807) is 11.6 Å². The number of benzene rings is 1. The Morgan fingerprint density at radius 2 is 2.12 bits per heavy atom. The number of aliphatic hydroxyl groups excluding tert-OH is 1. The van der Waals surface area contributed by atoms with Crippen LogP contribution < -0.4 is 0 Å². The van der Waals surface area contributed by atoms with Crippen LogP contribution in [0.5, 0.6) is 0 Å². The van der Waals surface area contributed by atoms with Gasteiger partial charge in [0.15, 0.2) is 0 Å². The van der Waals surface area contributed by atoms with E-state index in [4.69, 9.17) is 0 Å². The smallest absolute Gasteiger partial charge is 0.129 e. The minimum Gasteiger partial charge on any atom is -0.382 e. The topological polar surface area (TPSA) is 38.0 Å². The van der Waals surface area contributed by atoms with Crippen LogP contribution in [-0.4, -0.2) is 14.7 Å². The molecule has 0 bridgehead atoms. The van der Waals surface area contributed by atoms with Crippen molar-refractivity contribution in [1.29, 1.82) is 0 Å². The molecule has 0 fully saturated rings. The fourth-order valence-corrected chi connectivity index (χ4v) is 1.51. The average molecular weight is 224 g/mol. The van der Waals surface area contributed by atoms with Crippen LogP contribution in [0, 0.1) is 11.6 Å². The molecule has 1 aromatic carbocycles. The van der Waals surface area contributed by atoms with E-state index < -0.39 is 17.7 Å². The Hall–Kier alpha value is -1.75. The van der Waals surface area contributed by atoms with Gasteiger partial charge in [0.05, 0.1) is 18.2 Å². The Balaban J connectivity index is 2.45. The van der Waals surface area contributed by atoms with Gasteiger partial charge >= 0.3 is 0 Å². The van der Waals surface area contributed by atoms with Crippen molar-refractivity contribution in [3.05, 3.63) is 53.6 Å². The first-order valence-corrected chi connectivity index (χ1v) is 4.69. The highest BCUT2D eigenvalue weighted by Crippen LogP contribution is 2.24. The molecular formula is C11H10F2N2O. The van der Waals surface area contributed by atoms with Crippen LogP contribution in [0.15, 0.2) is 30.7 Å². The molecule has 1 N–H and O–H groups in total. The van der Waals surface area contributed by atoms with Crippen molar-refractivity contribution in [3.63, 3.8) is 0 Å². The number of hydrogen-bond donors (Lipinski definition) is 1. The largest absolute Gasteiger partial charge is 0.382 e. The first kappa shape index (κ1) is 10.8. The molecule has 5 heteroatoms. The fraction of sp³-hybridized carbons (Fsp3) is 0.182. The number of hydrogen-bond acceptors (Lipinski definition) is 2. The molecule has 0 spiro atoms. The monoisotopic (exact) mass is 224 g/mol. The van der Waals surface area contributed by atoms with Crippen LogP contribution in [0.3, 0.4) is 0 Å². The second-order valence-electron chi connectivity index (χ2n) is 3.50. The lowest BCUT2D eigenvalue weighted by Crippen LogP contribution is -2.07. The molecule has 1 unspecified atom stereocenters. The van der Waals surface area contributed by atoms with E-state index in [2.05, 4.69) is 4.98 Å². The Morgan fingerprint density at radius 3 is 2.75 bits per heavy atom. The lowest BCUT2D eigenvalue weighted by Gasteiger charge is -2.12. The maximum Gasteiger partial charge on any atom is 0.129 e. The van der Waals surface area contributed by atoms with E-state index in [1.165, 1.54) is 12.5 Å². The van der Waals surface area contributed by atoms with Crippen molar-refractivity contribution >= 4 is 0 Å². The molecule has 3 nitrogen and oxygen atoms in total. The Labute approximate surface area is 91.0 Å². The van der Waals surface area contributed by atoms with Crippen LogP contribution >= 0.6 is 0 Å². The molecule has 0 radical (unpaired) electrons. The Kier molecular flexibility index (Phi) is 2.70. The first-order chi connectivity index (χ1) is 7.59. The molecule has 0 saturated heterocycles. The molecule has 0 aliphatic carbocycles. The van der Waals surface area contributed by atoms with E-state index in [0.717, 1.165) is 18.2 Å². The van der Waals surface area contributed by atoms with E-state index in [1.807, 2.05) is 0 Å². The number of aryl methyl sites for hydroxylation is 1. The second-order valence-corrected chi connectivity index (χ2v) is 3.50. The van der Waals surface area contributed by atoms with Gasteiger partial charge in [0, 0.05) is 12.6 Å². The van der Waals surface area contributed by atoms with Crippen molar-refractivity contribution in [3.8, 4) is 0 Å². The predicted molar refractivity (Wildman–Crippen MR) is 53.6 cm³/mol. The summed E-state index contributed by atoms with van der Waals surface area (Å²) in [5, 5.41) is 9.90. The van der Waals surface area contributed by atoms with Gasteiger partial charge in [-0.15, -0.1) is 0 Å². The quantitative estimate of drug-likeness (QED) is 0.844. The van der Waals surface area contributed by atoms with Gasteiger partial charge in [-0.2, -0.15) is 0 Å². The second kappa shape index (κ2) is 4.02. The number of rotatable bonds is 2. The molecule has 0 saturated carbocycles. The van der Waals surface area contributed by atoms with Gasteiger partial charge in [-0.1, -0.05) is 0 Å². The molecule has 0 aliphatic rings. The van der Waals surface area contributed by atoms with E-state index in [-0.39, 0.29) is 5.56 Å². The summed E-state index contributed by atoms with van der Waals surface area (Å²) in [7, 11) is 1.67. The summed E-state index contributed by atoms with van der Waals surface area (Å²) in [6.45, 7) is 0. The zero-order valence-corrected chi connectivity index (χ0v) is 8.56. The lowest BCUT2D eigenvalue weighted by molar-refractivity contribution is 0.205. The predicted octanol–water partition coefficient (Wildman–Crippen LogP) is 1.78. The molecule has 84 valence electrons. The summed E-state index contributed by atoms with van der Waals surface area (Å²) in [5.74, 6) is -1.23. The summed E-state index contributed by atoms with van der Waals surface area (Å²) in [6, 6.07) is 2.98. The molecule has 0 aliphatic heterocycles. The van der Waals surface area contributed by atoms with Gasteiger partial charge in [-0.05, 0) is 18.2 Å². The Bertz CT molecular complexity index is 510. The van der Waals surface area contributed by atoms with Crippen LogP contribution in [0.4, 0.5) is 8.78 Å². The van der Waals surface area contributed by atoms with Crippen molar-refractivity contribution < 1.29 is 13.9 Å². The maximum absolute atomic E-state index is 13.4. The van der Waals surface area contributed by atoms with Crippen LogP contribution in [0.2, 0.25) is 0 Å². The van der Waals surface area contributed by atoms with Crippen molar-refractivity contribution in [2.45, 2.75) is 6.10 Å². The number of aliphatic hydroxyl groups is 1. The zero-order valence-electron chi connectivity index (χ0n) is 8.56.